The van der Waals surface area contributed by atoms with Crippen molar-refractivity contribution in [3.63, 3.8) is 0 Å². The van der Waals surface area contributed by atoms with Gasteiger partial charge in [-0.3, -0.25) is 4.89 Å². The quantitative estimate of drug-likeness (QED) is 0.424. The van der Waals surface area contributed by atoms with Crippen LogP contribution in [0.4, 0.5) is 0 Å². The van der Waals surface area contributed by atoms with E-state index in [1.807, 2.05) is 0 Å². The highest BCUT2D eigenvalue weighted by Crippen LogP contribution is 2.28. The molecule has 1 aromatic rings. The van der Waals surface area contributed by atoms with E-state index in [0.717, 1.165) is 12.8 Å². The molecule has 0 aliphatic carbocycles. The average molecular weight is 253 g/mol. The van der Waals surface area contributed by atoms with Gasteiger partial charge in [0.25, 0.3) is 0 Å². The van der Waals surface area contributed by atoms with Crippen LogP contribution in [0.2, 0.25) is 0 Å². The molecule has 0 amide bonds. The summed E-state index contributed by atoms with van der Waals surface area (Å²) < 4.78 is 10.2. The second-order valence-electron chi connectivity index (χ2n) is 3.44. The van der Waals surface area contributed by atoms with Crippen molar-refractivity contribution in [1.82, 2.24) is 0 Å². The Labute approximate surface area is 107 Å². The van der Waals surface area contributed by atoms with Gasteiger partial charge < -0.3 is 9.47 Å². The molecule has 0 unspecified atom stereocenters. The Bertz CT molecular complexity index is 367. The molecule has 0 saturated carbocycles. The van der Waals surface area contributed by atoms with E-state index in [1.54, 1.807) is 18.2 Å². The number of methoxy groups -OCH3 is 2. The van der Waals surface area contributed by atoms with Gasteiger partial charge in [0, 0.05) is 0 Å². The fourth-order valence-electron chi connectivity index (χ4n) is 1.35. The predicted octanol–water partition coefficient (Wildman–Crippen LogP) is 2.41. The van der Waals surface area contributed by atoms with Crippen molar-refractivity contribution in [1.29, 1.82) is 0 Å². The van der Waals surface area contributed by atoms with Crippen molar-refractivity contribution < 1.29 is 24.0 Å². The number of benzene rings is 1. The first-order chi connectivity index (χ1) is 8.74. The molecule has 0 N–H and O–H groups in total. The molecule has 1 rings (SSSR count). The summed E-state index contributed by atoms with van der Waals surface area (Å²) in [5, 5.41) is 0. The van der Waals surface area contributed by atoms with Gasteiger partial charge in [-0.25, -0.2) is 4.79 Å². The van der Waals surface area contributed by atoms with Gasteiger partial charge in [-0.05, 0) is 18.6 Å². The van der Waals surface area contributed by atoms with E-state index in [-0.39, 0.29) is 5.56 Å². The van der Waals surface area contributed by atoms with E-state index >= 15 is 0 Å². The molecule has 0 aliphatic heterocycles. The fourth-order valence-corrected chi connectivity index (χ4v) is 1.35. The molecule has 0 atom stereocenters. The summed E-state index contributed by atoms with van der Waals surface area (Å²) in [7, 11) is 2.93. The Kier molecular flexibility index (Phi) is 6.00. The van der Waals surface area contributed by atoms with Crippen LogP contribution in [0.5, 0.6) is 11.5 Å². The number of hydrogen-bond acceptors (Lipinski definition) is 5. The standard InChI is InChI=1S/C13H17O5/c1-4-5-9-17-18-13(14)12-10(15-2)7-6-8-11(12)16-3/h6-8H,1,4-5,9H2,2-3H3. The van der Waals surface area contributed by atoms with Gasteiger partial charge in [-0.15, -0.1) is 0 Å². The first-order valence-electron chi connectivity index (χ1n) is 5.58. The molecule has 0 aromatic heterocycles. The van der Waals surface area contributed by atoms with Crippen LogP contribution in [-0.4, -0.2) is 26.8 Å². The molecular formula is C13H17O5. The first-order valence-corrected chi connectivity index (χ1v) is 5.58. The zero-order chi connectivity index (χ0) is 13.4. The SMILES string of the molecule is [CH2]CCCOOC(=O)c1c(OC)cccc1OC. The Balaban J connectivity index is 2.76. The van der Waals surface area contributed by atoms with Crippen LogP contribution < -0.4 is 9.47 Å². The summed E-state index contributed by atoms with van der Waals surface area (Å²) in [6, 6.07) is 5.02. The van der Waals surface area contributed by atoms with E-state index in [1.165, 1.54) is 14.2 Å². The summed E-state index contributed by atoms with van der Waals surface area (Å²) >= 11 is 0. The van der Waals surface area contributed by atoms with Crippen LogP contribution in [-0.2, 0) is 9.78 Å². The average Bonchev–Trinajstić information content (AvgIpc) is 2.42. The van der Waals surface area contributed by atoms with Gasteiger partial charge >= 0.3 is 5.97 Å². The zero-order valence-corrected chi connectivity index (χ0v) is 10.6. The highest BCUT2D eigenvalue weighted by Gasteiger charge is 2.20. The highest BCUT2D eigenvalue weighted by atomic mass is 17.2. The fraction of sp³-hybridized carbons (Fsp3) is 0.385. The maximum Gasteiger partial charge on any atom is 0.380 e. The molecule has 0 fully saturated rings. The Morgan fingerprint density at radius 3 is 2.33 bits per heavy atom. The largest absolute Gasteiger partial charge is 0.496 e. The van der Waals surface area contributed by atoms with E-state index in [2.05, 4.69) is 11.8 Å². The molecule has 99 valence electrons. The third kappa shape index (κ3) is 3.63. The van der Waals surface area contributed by atoms with Gasteiger partial charge in [-0.2, -0.15) is 4.89 Å². The maximum absolute atomic E-state index is 11.8. The van der Waals surface area contributed by atoms with E-state index in [4.69, 9.17) is 14.4 Å². The molecule has 1 radical (unpaired) electrons. The first kappa shape index (κ1) is 14.3. The lowest BCUT2D eigenvalue weighted by Crippen LogP contribution is -2.10. The van der Waals surface area contributed by atoms with Crippen LogP contribution in [0.25, 0.3) is 0 Å². The number of hydrogen-bond donors (Lipinski definition) is 0. The summed E-state index contributed by atoms with van der Waals surface area (Å²) in [4.78, 5) is 21.3. The summed E-state index contributed by atoms with van der Waals surface area (Å²) in [5.41, 5.74) is 0.206. The summed E-state index contributed by atoms with van der Waals surface area (Å²) in [6.45, 7) is 3.97. The van der Waals surface area contributed by atoms with E-state index in [0.29, 0.717) is 18.1 Å². The van der Waals surface area contributed by atoms with Gasteiger partial charge in [0.15, 0.2) is 0 Å². The van der Waals surface area contributed by atoms with Crippen molar-refractivity contribution in [3.8, 4) is 11.5 Å². The summed E-state index contributed by atoms with van der Waals surface area (Å²) in [6.07, 6.45) is 1.44. The number of unbranched alkanes of at least 4 members (excludes halogenated alkanes) is 1. The second kappa shape index (κ2) is 7.55. The second-order valence-corrected chi connectivity index (χ2v) is 3.44. The van der Waals surface area contributed by atoms with Gasteiger partial charge in [0.05, 0.1) is 20.8 Å². The molecule has 0 heterocycles. The van der Waals surface area contributed by atoms with Gasteiger partial charge in [0.1, 0.15) is 17.1 Å². The highest BCUT2D eigenvalue weighted by molar-refractivity contribution is 5.95. The lowest BCUT2D eigenvalue weighted by molar-refractivity contribution is -0.241. The lowest BCUT2D eigenvalue weighted by Gasteiger charge is -2.11. The molecule has 5 nitrogen and oxygen atoms in total. The van der Waals surface area contributed by atoms with E-state index < -0.39 is 5.97 Å². The maximum atomic E-state index is 11.8. The van der Waals surface area contributed by atoms with Crippen LogP contribution in [0.1, 0.15) is 23.2 Å². The van der Waals surface area contributed by atoms with Crippen LogP contribution in [0, 0.1) is 6.92 Å². The van der Waals surface area contributed by atoms with Crippen molar-refractivity contribution >= 4 is 5.97 Å². The normalized spacial score (nSPS) is 9.94. The molecule has 1 aromatic carbocycles. The Morgan fingerprint density at radius 1 is 1.22 bits per heavy atom. The van der Waals surface area contributed by atoms with Crippen molar-refractivity contribution in [2.75, 3.05) is 20.8 Å². The number of rotatable bonds is 7. The molecule has 5 heteroatoms. The van der Waals surface area contributed by atoms with Crippen molar-refractivity contribution in [2.45, 2.75) is 12.8 Å². The molecule has 0 spiro atoms. The van der Waals surface area contributed by atoms with Gasteiger partial charge in [0.2, 0.25) is 0 Å². The van der Waals surface area contributed by atoms with Crippen LogP contribution in [0.3, 0.4) is 0 Å². The molecule has 0 bridgehead atoms. The molecule has 0 aliphatic rings. The summed E-state index contributed by atoms with van der Waals surface area (Å²) in [5.74, 6) is 0.105. The molecule has 18 heavy (non-hydrogen) atoms. The minimum absolute atomic E-state index is 0.206. The van der Waals surface area contributed by atoms with Crippen LogP contribution in [0.15, 0.2) is 18.2 Å². The van der Waals surface area contributed by atoms with Crippen molar-refractivity contribution in [3.05, 3.63) is 30.7 Å². The number of ether oxygens (including phenoxy) is 2. The van der Waals surface area contributed by atoms with Gasteiger partial charge in [-0.1, -0.05) is 19.4 Å². The molecular weight excluding hydrogens is 236 g/mol. The molecule has 0 saturated heterocycles. The topological polar surface area (TPSA) is 54.0 Å². The Hall–Kier alpha value is -1.75. The number of carbonyl (C=O) groups is 1. The zero-order valence-electron chi connectivity index (χ0n) is 10.6. The third-order valence-corrected chi connectivity index (χ3v) is 2.24. The lowest BCUT2D eigenvalue weighted by atomic mass is 10.2. The van der Waals surface area contributed by atoms with Crippen LogP contribution >= 0.6 is 0 Å². The Morgan fingerprint density at radius 2 is 1.83 bits per heavy atom. The van der Waals surface area contributed by atoms with Crippen molar-refractivity contribution in [2.24, 2.45) is 0 Å². The van der Waals surface area contributed by atoms with E-state index in [9.17, 15) is 4.79 Å². The monoisotopic (exact) mass is 253 g/mol. The minimum atomic E-state index is -0.645. The predicted molar refractivity (Wildman–Crippen MR) is 65.5 cm³/mol. The third-order valence-electron chi connectivity index (χ3n) is 2.24. The smallest absolute Gasteiger partial charge is 0.380 e. The minimum Gasteiger partial charge on any atom is -0.496 e. The number of carbonyl (C=O) groups excluding carboxylic acids is 1.